The molecule has 1 atom stereocenters. The SMILES string of the molecule is CCCCCN1CCCC(CNS(=O)(=O)c2cccc(C(=O)Nc3ccc(C(F)(F)F)cc3)c2)C1.O=C(O)C(F)(F)F. The number of benzene rings is 2. The van der Waals surface area contributed by atoms with Crippen molar-refractivity contribution in [2.24, 2.45) is 5.92 Å². The van der Waals surface area contributed by atoms with Gasteiger partial charge in [0.1, 0.15) is 0 Å². The van der Waals surface area contributed by atoms with Gasteiger partial charge in [0, 0.05) is 24.3 Å². The van der Waals surface area contributed by atoms with Gasteiger partial charge < -0.3 is 15.3 Å². The molecule has 0 spiro atoms. The van der Waals surface area contributed by atoms with Crippen LogP contribution in [-0.2, 0) is 21.0 Å². The summed E-state index contributed by atoms with van der Waals surface area (Å²) in [6.07, 6.45) is -4.05. The summed E-state index contributed by atoms with van der Waals surface area (Å²) in [5.41, 5.74) is -0.556. The van der Waals surface area contributed by atoms with Crippen LogP contribution in [0.2, 0.25) is 0 Å². The third kappa shape index (κ3) is 11.6. The van der Waals surface area contributed by atoms with Gasteiger partial charge in [-0.3, -0.25) is 4.79 Å². The van der Waals surface area contributed by atoms with E-state index in [9.17, 15) is 39.6 Å². The largest absolute Gasteiger partial charge is 0.490 e. The van der Waals surface area contributed by atoms with E-state index in [2.05, 4.69) is 21.9 Å². The fourth-order valence-electron chi connectivity index (χ4n) is 4.17. The molecule has 1 saturated heterocycles. The van der Waals surface area contributed by atoms with Crippen LogP contribution < -0.4 is 10.0 Å². The number of rotatable bonds is 10. The van der Waals surface area contributed by atoms with Crippen molar-refractivity contribution in [3.8, 4) is 0 Å². The molecular weight excluding hydrogens is 592 g/mol. The fraction of sp³-hybridized carbons (Fsp3) is 0.481. The summed E-state index contributed by atoms with van der Waals surface area (Å²) in [6, 6.07) is 9.64. The molecule has 1 fully saturated rings. The zero-order valence-electron chi connectivity index (χ0n) is 22.8. The Kier molecular flexibility index (Phi) is 12.8. The molecule has 15 heteroatoms. The van der Waals surface area contributed by atoms with E-state index in [-0.39, 0.29) is 22.1 Å². The van der Waals surface area contributed by atoms with Crippen LogP contribution in [0.25, 0.3) is 0 Å². The molecule has 2 aromatic rings. The Balaban J connectivity index is 0.000000782. The number of nitrogens with zero attached hydrogens (tertiary/aromatic N) is 1. The molecule has 0 saturated carbocycles. The van der Waals surface area contributed by atoms with Crippen molar-refractivity contribution >= 4 is 27.6 Å². The van der Waals surface area contributed by atoms with Crippen molar-refractivity contribution in [2.45, 2.75) is 56.3 Å². The van der Waals surface area contributed by atoms with Gasteiger partial charge in [-0.2, -0.15) is 26.3 Å². The van der Waals surface area contributed by atoms with Crippen LogP contribution in [0.1, 0.15) is 54.9 Å². The van der Waals surface area contributed by atoms with Crippen molar-refractivity contribution < 1.29 is 49.5 Å². The molecule has 1 amide bonds. The zero-order valence-corrected chi connectivity index (χ0v) is 23.6. The summed E-state index contributed by atoms with van der Waals surface area (Å²) in [4.78, 5) is 23.8. The van der Waals surface area contributed by atoms with E-state index < -0.39 is 39.8 Å². The van der Waals surface area contributed by atoms with Gasteiger partial charge in [-0.1, -0.05) is 25.8 Å². The molecule has 2 aromatic carbocycles. The molecular formula is C27H33F6N3O5S. The first-order chi connectivity index (χ1) is 19.5. The van der Waals surface area contributed by atoms with Gasteiger partial charge in [0.25, 0.3) is 5.91 Å². The van der Waals surface area contributed by atoms with E-state index in [1.807, 2.05) is 0 Å². The van der Waals surface area contributed by atoms with Crippen LogP contribution in [-0.4, -0.2) is 62.7 Å². The third-order valence-electron chi connectivity index (χ3n) is 6.36. The summed E-state index contributed by atoms with van der Waals surface area (Å²) < 4.78 is 98.3. The van der Waals surface area contributed by atoms with Crippen LogP contribution in [0, 0.1) is 5.92 Å². The van der Waals surface area contributed by atoms with Gasteiger partial charge in [-0.05, 0) is 80.7 Å². The monoisotopic (exact) mass is 625 g/mol. The van der Waals surface area contributed by atoms with E-state index in [1.165, 1.54) is 37.1 Å². The first-order valence-corrected chi connectivity index (χ1v) is 14.6. The summed E-state index contributed by atoms with van der Waals surface area (Å²) in [5, 5.41) is 9.62. The maximum absolute atomic E-state index is 12.9. The standard InChI is InChI=1S/C25H32F3N3O3S.C2HF3O2/c1-2-3-4-14-31-15-6-7-19(18-31)17-29-35(33,34)23-9-5-8-20(16-23)24(32)30-22-12-10-21(11-13-22)25(26,27)28;3-2(4,5)1(6)7/h5,8-13,16,19,29H,2-4,6-7,14-15,17-18H2,1H3,(H,30,32);(H,6,7). The number of anilines is 1. The van der Waals surface area contributed by atoms with E-state index in [1.54, 1.807) is 0 Å². The predicted molar refractivity (Wildman–Crippen MR) is 143 cm³/mol. The van der Waals surface area contributed by atoms with Gasteiger partial charge >= 0.3 is 18.3 Å². The number of carbonyl (C=O) groups excluding carboxylic acids is 1. The van der Waals surface area contributed by atoms with Crippen molar-refractivity contribution in [1.82, 2.24) is 9.62 Å². The number of amides is 1. The number of carboxylic acid groups (broad SMARTS) is 1. The molecule has 0 radical (unpaired) electrons. The van der Waals surface area contributed by atoms with Gasteiger partial charge in [0.15, 0.2) is 0 Å². The lowest BCUT2D eigenvalue weighted by Crippen LogP contribution is -2.41. The fourth-order valence-corrected chi connectivity index (χ4v) is 5.33. The minimum atomic E-state index is -5.08. The van der Waals surface area contributed by atoms with Crippen LogP contribution >= 0.6 is 0 Å². The highest BCUT2D eigenvalue weighted by Gasteiger charge is 2.38. The maximum atomic E-state index is 12.9. The molecule has 3 rings (SSSR count). The maximum Gasteiger partial charge on any atom is 0.490 e. The average Bonchev–Trinajstić information content (AvgIpc) is 2.92. The van der Waals surface area contributed by atoms with Crippen LogP contribution in [0.4, 0.5) is 32.0 Å². The highest BCUT2D eigenvalue weighted by molar-refractivity contribution is 7.89. The number of hydrogen-bond acceptors (Lipinski definition) is 5. The van der Waals surface area contributed by atoms with Crippen LogP contribution in [0.15, 0.2) is 53.4 Å². The Morgan fingerprint density at radius 1 is 1.02 bits per heavy atom. The second-order valence-electron chi connectivity index (χ2n) is 9.73. The Morgan fingerprint density at radius 2 is 1.67 bits per heavy atom. The first kappa shape index (κ1) is 35.0. The number of carboxylic acids is 1. The molecule has 42 heavy (non-hydrogen) atoms. The number of nitrogens with one attached hydrogen (secondary N) is 2. The van der Waals surface area contributed by atoms with Gasteiger partial charge in [-0.15, -0.1) is 0 Å². The van der Waals surface area contributed by atoms with Crippen molar-refractivity contribution in [2.75, 3.05) is 31.5 Å². The number of halogens is 6. The van der Waals surface area contributed by atoms with Crippen LogP contribution in [0.3, 0.4) is 0 Å². The topological polar surface area (TPSA) is 116 Å². The zero-order chi connectivity index (χ0) is 31.6. The number of unbranched alkanes of at least 4 members (excludes halogenated alkanes) is 2. The Hall–Kier alpha value is -3.17. The number of sulfonamides is 1. The van der Waals surface area contributed by atoms with Crippen molar-refractivity contribution in [3.05, 3.63) is 59.7 Å². The van der Waals surface area contributed by atoms with E-state index >= 15 is 0 Å². The lowest BCUT2D eigenvalue weighted by atomic mass is 9.98. The molecule has 234 valence electrons. The van der Waals surface area contributed by atoms with Gasteiger partial charge in [0.2, 0.25) is 10.0 Å². The molecule has 1 aliphatic rings. The normalized spacial score (nSPS) is 16.3. The summed E-state index contributed by atoms with van der Waals surface area (Å²) in [6.45, 7) is 5.44. The number of hydrogen-bond donors (Lipinski definition) is 3. The highest BCUT2D eigenvalue weighted by atomic mass is 32.2. The molecule has 1 unspecified atom stereocenters. The molecule has 1 heterocycles. The predicted octanol–water partition coefficient (Wildman–Crippen LogP) is 5.77. The Morgan fingerprint density at radius 3 is 2.24 bits per heavy atom. The summed E-state index contributed by atoms with van der Waals surface area (Å²) >= 11 is 0. The molecule has 8 nitrogen and oxygen atoms in total. The number of likely N-dealkylation sites (tertiary alicyclic amines) is 1. The second kappa shape index (κ2) is 15.3. The Labute approximate surface area is 240 Å². The average molecular weight is 626 g/mol. The highest BCUT2D eigenvalue weighted by Crippen LogP contribution is 2.30. The smallest absolute Gasteiger partial charge is 0.475 e. The molecule has 0 aliphatic carbocycles. The Bertz CT molecular complexity index is 1280. The first-order valence-electron chi connectivity index (χ1n) is 13.1. The quantitative estimate of drug-likeness (QED) is 0.228. The minimum absolute atomic E-state index is 0.0341. The summed E-state index contributed by atoms with van der Waals surface area (Å²) in [7, 11) is -3.82. The number of aliphatic carboxylic acids is 1. The van der Waals surface area contributed by atoms with Crippen molar-refractivity contribution in [1.29, 1.82) is 0 Å². The number of carbonyl (C=O) groups is 2. The molecule has 0 aromatic heterocycles. The third-order valence-corrected chi connectivity index (χ3v) is 7.78. The van der Waals surface area contributed by atoms with Gasteiger partial charge in [-0.25, -0.2) is 17.9 Å². The minimum Gasteiger partial charge on any atom is -0.475 e. The second-order valence-corrected chi connectivity index (χ2v) is 11.5. The summed E-state index contributed by atoms with van der Waals surface area (Å²) in [5.74, 6) is -3.14. The lowest BCUT2D eigenvalue weighted by molar-refractivity contribution is -0.192. The van der Waals surface area contributed by atoms with E-state index in [0.717, 1.165) is 63.2 Å². The lowest BCUT2D eigenvalue weighted by Gasteiger charge is -2.32. The van der Waals surface area contributed by atoms with E-state index in [0.29, 0.717) is 6.54 Å². The van der Waals surface area contributed by atoms with Crippen molar-refractivity contribution in [3.63, 3.8) is 0 Å². The number of piperidine rings is 1. The van der Waals surface area contributed by atoms with Gasteiger partial charge in [0.05, 0.1) is 10.5 Å². The van der Waals surface area contributed by atoms with E-state index in [4.69, 9.17) is 9.90 Å². The number of alkyl halides is 6. The molecule has 0 bridgehead atoms. The molecule has 1 aliphatic heterocycles. The van der Waals surface area contributed by atoms with Crippen LogP contribution in [0.5, 0.6) is 0 Å². The molecule has 3 N–H and O–H groups in total.